The third-order valence-electron chi connectivity index (χ3n) is 8.30. The smallest absolute Gasteiger partial charge is 0.236 e. The van der Waals surface area contributed by atoms with Crippen molar-refractivity contribution in [2.75, 3.05) is 6.54 Å². The van der Waals surface area contributed by atoms with Gasteiger partial charge in [-0.05, 0) is 59.7 Å². The Labute approximate surface area is 230 Å². The molecule has 3 aliphatic rings. The molecule has 3 nitrogen and oxygen atoms in total. The fourth-order valence-corrected chi connectivity index (χ4v) is 6.51. The molecule has 7 rings (SSSR count). The van der Waals surface area contributed by atoms with Crippen LogP contribution in [0.4, 0.5) is 0 Å². The highest BCUT2D eigenvalue weighted by atomic mass is 15.3. The zero-order valence-electron chi connectivity index (χ0n) is 22.5. The summed E-state index contributed by atoms with van der Waals surface area (Å²) in [6.45, 7) is 5.27. The van der Waals surface area contributed by atoms with Gasteiger partial charge in [-0.2, -0.15) is 9.68 Å². The third kappa shape index (κ3) is 3.97. The molecule has 3 heteroatoms. The second-order valence-corrected chi connectivity index (χ2v) is 10.6. The molecule has 39 heavy (non-hydrogen) atoms. The quantitative estimate of drug-likeness (QED) is 0.253. The largest absolute Gasteiger partial charge is 0.276 e. The lowest BCUT2D eigenvalue weighted by Gasteiger charge is -2.25. The van der Waals surface area contributed by atoms with E-state index in [0.717, 1.165) is 37.2 Å². The number of hydrogen-bond donors (Lipinski definition) is 1. The van der Waals surface area contributed by atoms with Crippen LogP contribution in [0.15, 0.2) is 125 Å². The van der Waals surface area contributed by atoms with Gasteiger partial charge in [-0.3, -0.25) is 5.43 Å². The summed E-state index contributed by atoms with van der Waals surface area (Å²) in [5.74, 6) is 0. The number of hydrogen-bond acceptors (Lipinski definition) is 2. The van der Waals surface area contributed by atoms with Gasteiger partial charge in [0, 0.05) is 24.0 Å². The maximum absolute atomic E-state index is 4.81. The fraction of sp³-hybridized carbons (Fsp3) is 0.167. The minimum Gasteiger partial charge on any atom is -0.276 e. The standard InChI is InChI=1S/C36H32N3/c1-24-34(35-31-18-10-8-16-29(31)30-17-9-11-19-32(30)35)36(25(2)38-37-24)39-23-22-27-14-6-7-15-28(27)33(39)21-20-26-12-4-3-5-13-26/h3-19,38H,20-23H2,1-2H3/q+1. The van der Waals surface area contributed by atoms with Crippen molar-refractivity contribution in [3.63, 3.8) is 0 Å². The van der Waals surface area contributed by atoms with Crippen LogP contribution in [0.2, 0.25) is 0 Å². The molecular formula is C36H32N3+. The van der Waals surface area contributed by atoms with Gasteiger partial charge in [0.2, 0.25) is 5.70 Å². The minimum atomic E-state index is 0.947. The Morgan fingerprint density at radius 1 is 0.641 bits per heavy atom. The highest BCUT2D eigenvalue weighted by Gasteiger charge is 2.38. The zero-order valence-corrected chi connectivity index (χ0v) is 22.5. The van der Waals surface area contributed by atoms with Gasteiger partial charge >= 0.3 is 0 Å². The molecule has 0 saturated heterocycles. The number of aryl methyl sites for hydroxylation is 1. The van der Waals surface area contributed by atoms with E-state index < -0.39 is 0 Å². The number of nitrogens with one attached hydrogen (secondary N) is 1. The van der Waals surface area contributed by atoms with Crippen LogP contribution >= 0.6 is 0 Å². The van der Waals surface area contributed by atoms with Crippen LogP contribution in [0.5, 0.6) is 0 Å². The van der Waals surface area contributed by atoms with Crippen LogP contribution in [0.3, 0.4) is 0 Å². The molecule has 0 amide bonds. The van der Waals surface area contributed by atoms with E-state index in [0.29, 0.717) is 0 Å². The van der Waals surface area contributed by atoms with Crippen molar-refractivity contribution in [1.29, 1.82) is 0 Å². The first-order valence-electron chi connectivity index (χ1n) is 13.9. The molecule has 190 valence electrons. The Bertz CT molecular complexity index is 1690. The van der Waals surface area contributed by atoms with E-state index in [1.165, 1.54) is 61.5 Å². The lowest BCUT2D eigenvalue weighted by molar-refractivity contribution is -0.476. The van der Waals surface area contributed by atoms with E-state index in [1.807, 2.05) is 0 Å². The van der Waals surface area contributed by atoms with Crippen LogP contribution in [0, 0.1) is 0 Å². The summed E-state index contributed by atoms with van der Waals surface area (Å²) >= 11 is 0. The maximum atomic E-state index is 4.81. The van der Waals surface area contributed by atoms with E-state index >= 15 is 0 Å². The summed E-state index contributed by atoms with van der Waals surface area (Å²) in [4.78, 5) is 0. The van der Waals surface area contributed by atoms with E-state index in [1.54, 1.807) is 0 Å². The number of allylic oxidation sites excluding steroid dienone is 2. The molecule has 2 aliphatic heterocycles. The summed E-state index contributed by atoms with van der Waals surface area (Å²) < 4.78 is 2.59. The molecule has 2 heterocycles. The topological polar surface area (TPSA) is 27.4 Å². The van der Waals surface area contributed by atoms with Gasteiger partial charge in [-0.15, -0.1) is 0 Å². The fourth-order valence-electron chi connectivity index (χ4n) is 6.51. The first-order valence-corrected chi connectivity index (χ1v) is 13.9. The molecule has 1 N–H and O–H groups in total. The van der Waals surface area contributed by atoms with Crippen LogP contribution in [0.1, 0.15) is 48.1 Å². The normalized spacial score (nSPS) is 16.0. The molecule has 0 fully saturated rings. The van der Waals surface area contributed by atoms with Crippen LogP contribution < -0.4 is 5.43 Å². The van der Waals surface area contributed by atoms with Gasteiger partial charge in [-0.25, -0.2) is 0 Å². The molecule has 0 saturated carbocycles. The van der Waals surface area contributed by atoms with Crippen molar-refractivity contribution in [3.05, 3.63) is 148 Å². The first-order chi connectivity index (χ1) is 19.2. The van der Waals surface area contributed by atoms with E-state index in [2.05, 4.69) is 127 Å². The molecule has 0 spiro atoms. The highest BCUT2D eigenvalue weighted by molar-refractivity contribution is 6.16. The monoisotopic (exact) mass is 506 g/mol. The lowest BCUT2D eigenvalue weighted by Crippen LogP contribution is -2.35. The van der Waals surface area contributed by atoms with Gasteiger partial charge in [0.1, 0.15) is 5.70 Å². The number of rotatable bonds is 4. The van der Waals surface area contributed by atoms with Crippen LogP contribution in [-0.2, 0) is 12.8 Å². The molecule has 0 radical (unpaired) electrons. The Morgan fingerprint density at radius 2 is 1.23 bits per heavy atom. The van der Waals surface area contributed by atoms with E-state index in [9.17, 15) is 0 Å². The summed E-state index contributed by atoms with van der Waals surface area (Å²) in [6.07, 6.45) is 3.00. The predicted molar refractivity (Wildman–Crippen MR) is 161 cm³/mol. The van der Waals surface area contributed by atoms with Gasteiger partial charge in [0.15, 0.2) is 12.3 Å². The predicted octanol–water partition coefficient (Wildman–Crippen LogP) is 7.37. The average Bonchev–Trinajstić information content (AvgIpc) is 3.31. The molecule has 0 bridgehead atoms. The summed E-state index contributed by atoms with van der Waals surface area (Å²) in [5.41, 5.74) is 20.0. The molecule has 1 aliphatic carbocycles. The van der Waals surface area contributed by atoms with E-state index in [-0.39, 0.29) is 0 Å². The Hall–Kier alpha value is -4.50. The molecule has 0 aromatic heterocycles. The highest BCUT2D eigenvalue weighted by Crippen LogP contribution is 2.47. The number of nitrogens with zero attached hydrogens (tertiary/aromatic N) is 2. The van der Waals surface area contributed by atoms with Crippen molar-refractivity contribution in [3.8, 4) is 11.1 Å². The molecule has 4 aromatic rings. The minimum absolute atomic E-state index is 0.947. The Balaban J connectivity index is 1.47. The zero-order chi connectivity index (χ0) is 26.3. The molecule has 4 aromatic carbocycles. The van der Waals surface area contributed by atoms with Crippen molar-refractivity contribution in [2.45, 2.75) is 33.1 Å². The summed E-state index contributed by atoms with van der Waals surface area (Å²) in [5, 5.41) is 4.81. The SMILES string of the molecule is CC1=NNC(C)=C([N+]2=C(CCc3ccccc3)c3ccccc3CC2)C1=C1c2ccccc2-c2ccccc21. The molecule has 0 unspecified atom stereocenters. The lowest BCUT2D eigenvalue weighted by atomic mass is 9.88. The molecule has 0 atom stereocenters. The van der Waals surface area contributed by atoms with Crippen molar-refractivity contribution in [1.82, 2.24) is 5.43 Å². The van der Waals surface area contributed by atoms with E-state index in [4.69, 9.17) is 5.10 Å². The van der Waals surface area contributed by atoms with Crippen molar-refractivity contribution >= 4 is 17.0 Å². The van der Waals surface area contributed by atoms with Crippen molar-refractivity contribution in [2.24, 2.45) is 5.10 Å². The van der Waals surface area contributed by atoms with Gasteiger partial charge in [-0.1, -0.05) is 97.1 Å². The Morgan fingerprint density at radius 3 is 1.92 bits per heavy atom. The van der Waals surface area contributed by atoms with Gasteiger partial charge < -0.3 is 0 Å². The van der Waals surface area contributed by atoms with Gasteiger partial charge in [0.25, 0.3) is 0 Å². The second kappa shape index (κ2) is 9.67. The van der Waals surface area contributed by atoms with Crippen LogP contribution in [0.25, 0.3) is 16.7 Å². The average molecular weight is 507 g/mol. The Kier molecular flexibility index (Phi) is 5.85. The first kappa shape index (κ1) is 23.6. The second-order valence-electron chi connectivity index (χ2n) is 10.6. The summed E-state index contributed by atoms with van der Waals surface area (Å²) in [6, 6.07) is 37.5. The van der Waals surface area contributed by atoms with Crippen LogP contribution in [-0.4, -0.2) is 22.5 Å². The van der Waals surface area contributed by atoms with Gasteiger partial charge in [0.05, 0.1) is 11.3 Å². The summed E-state index contributed by atoms with van der Waals surface area (Å²) in [7, 11) is 0. The van der Waals surface area contributed by atoms with Crippen molar-refractivity contribution < 1.29 is 4.58 Å². The maximum Gasteiger partial charge on any atom is 0.236 e. The number of fused-ring (bicyclic) bond motifs is 4. The number of hydrazone groups is 1. The third-order valence-corrected chi connectivity index (χ3v) is 8.30. The molecular weight excluding hydrogens is 474 g/mol. The number of benzene rings is 4.